The second-order valence-electron chi connectivity index (χ2n) is 7.12. The van der Waals surface area contributed by atoms with Crippen LogP contribution in [0.5, 0.6) is 0 Å². The van der Waals surface area contributed by atoms with Crippen molar-refractivity contribution in [1.82, 2.24) is 9.88 Å². The van der Waals surface area contributed by atoms with Crippen molar-refractivity contribution in [3.05, 3.63) is 59.2 Å². The minimum absolute atomic E-state index is 0.129. The second-order valence-corrected chi connectivity index (χ2v) is 7.12. The Hall–Kier alpha value is -3.13. The number of carbonyl (C=O) groups is 1. The molecule has 1 amide bonds. The van der Waals surface area contributed by atoms with Crippen molar-refractivity contribution in [3.8, 4) is 6.07 Å². The number of pyridine rings is 1. The Morgan fingerprint density at radius 1 is 1.19 bits per heavy atom. The number of anilines is 1. The first-order valence-corrected chi connectivity index (χ1v) is 9.37. The maximum absolute atomic E-state index is 12.7. The topological polar surface area (TPSA) is 60.2 Å². The van der Waals surface area contributed by atoms with Gasteiger partial charge in [-0.05, 0) is 37.5 Å². The summed E-state index contributed by atoms with van der Waals surface area (Å²) in [6, 6.07) is 10.3. The van der Waals surface area contributed by atoms with E-state index in [-0.39, 0.29) is 5.91 Å². The van der Waals surface area contributed by atoms with Crippen molar-refractivity contribution in [1.29, 1.82) is 5.26 Å². The highest BCUT2D eigenvalue weighted by Gasteiger charge is 2.24. The van der Waals surface area contributed by atoms with Gasteiger partial charge in [-0.3, -0.25) is 4.79 Å². The molecule has 0 saturated carbocycles. The van der Waals surface area contributed by atoms with Gasteiger partial charge in [-0.25, -0.2) is 4.98 Å². The van der Waals surface area contributed by atoms with Crippen molar-refractivity contribution >= 4 is 22.6 Å². The van der Waals surface area contributed by atoms with Crippen LogP contribution in [0.2, 0.25) is 0 Å². The number of hydrogen-bond acceptors (Lipinski definition) is 4. The zero-order valence-electron chi connectivity index (χ0n) is 15.5. The molecule has 5 nitrogen and oxygen atoms in total. The Balaban J connectivity index is 1.58. The van der Waals surface area contributed by atoms with Crippen molar-refractivity contribution in [2.75, 3.05) is 31.1 Å². The van der Waals surface area contributed by atoms with Crippen LogP contribution in [-0.4, -0.2) is 42.0 Å². The molecule has 1 aromatic carbocycles. The summed E-state index contributed by atoms with van der Waals surface area (Å²) in [5.74, 6) is 0.857. The Bertz CT molecular complexity index is 999. The predicted molar refractivity (Wildman–Crippen MR) is 106 cm³/mol. The number of hydrogen-bond donors (Lipinski definition) is 0. The molecule has 1 saturated heterocycles. The minimum Gasteiger partial charge on any atom is -0.354 e. The van der Waals surface area contributed by atoms with Crippen molar-refractivity contribution in [3.63, 3.8) is 0 Å². The van der Waals surface area contributed by atoms with Crippen LogP contribution in [0, 0.1) is 18.3 Å². The molecule has 5 heteroatoms. The van der Waals surface area contributed by atoms with Gasteiger partial charge in [-0.15, -0.1) is 0 Å². The molecule has 1 aliphatic carbocycles. The number of aromatic nitrogens is 1. The Labute approximate surface area is 159 Å². The van der Waals surface area contributed by atoms with Crippen LogP contribution in [0.3, 0.4) is 0 Å². The Morgan fingerprint density at radius 2 is 2.07 bits per heavy atom. The summed E-state index contributed by atoms with van der Waals surface area (Å²) in [6.07, 6.45) is 7.45. The first-order valence-electron chi connectivity index (χ1n) is 9.37. The van der Waals surface area contributed by atoms with Gasteiger partial charge < -0.3 is 9.80 Å². The molecule has 1 fully saturated rings. The highest BCUT2D eigenvalue weighted by atomic mass is 16.2. The highest BCUT2D eigenvalue weighted by Crippen LogP contribution is 2.25. The van der Waals surface area contributed by atoms with Gasteiger partial charge in [-0.2, -0.15) is 5.26 Å². The molecule has 0 bridgehead atoms. The molecule has 27 heavy (non-hydrogen) atoms. The molecule has 4 rings (SSSR count). The zero-order chi connectivity index (χ0) is 18.8. The van der Waals surface area contributed by atoms with Gasteiger partial charge >= 0.3 is 0 Å². The Morgan fingerprint density at radius 3 is 2.85 bits per heavy atom. The summed E-state index contributed by atoms with van der Waals surface area (Å²) < 4.78 is 0. The van der Waals surface area contributed by atoms with Crippen LogP contribution in [0.15, 0.2) is 48.1 Å². The molecular formula is C22H22N4O. The zero-order valence-corrected chi connectivity index (χ0v) is 15.5. The lowest BCUT2D eigenvalue weighted by Gasteiger charge is -2.24. The van der Waals surface area contributed by atoms with Gasteiger partial charge in [0.1, 0.15) is 11.9 Å². The number of carbonyl (C=O) groups excluding carboxylic acids is 1. The average molecular weight is 358 g/mol. The fourth-order valence-electron chi connectivity index (χ4n) is 3.73. The second kappa shape index (κ2) is 7.24. The van der Waals surface area contributed by atoms with E-state index in [4.69, 9.17) is 4.98 Å². The van der Waals surface area contributed by atoms with E-state index in [9.17, 15) is 10.1 Å². The third-order valence-electron chi connectivity index (χ3n) is 5.20. The van der Waals surface area contributed by atoms with Crippen LogP contribution in [0.4, 0.5) is 5.82 Å². The number of nitrogens with zero attached hydrogens (tertiary/aromatic N) is 4. The molecule has 2 heterocycles. The summed E-state index contributed by atoms with van der Waals surface area (Å²) in [4.78, 5) is 21.5. The minimum atomic E-state index is 0.129. The third kappa shape index (κ3) is 3.43. The quantitative estimate of drug-likeness (QED) is 0.826. The SMILES string of the molecule is Cc1ccc2cc(C#N)c(N3CCCN(C(=O)C4=CC=CC4)CC3)nc2c1. The molecule has 1 aromatic heterocycles. The van der Waals surface area contributed by atoms with E-state index in [1.165, 1.54) is 0 Å². The first-order chi connectivity index (χ1) is 13.2. The molecule has 0 atom stereocenters. The third-order valence-corrected chi connectivity index (χ3v) is 5.20. The molecule has 136 valence electrons. The van der Waals surface area contributed by atoms with Crippen molar-refractivity contribution < 1.29 is 4.79 Å². The lowest BCUT2D eigenvalue weighted by atomic mass is 10.1. The van der Waals surface area contributed by atoms with Crippen LogP contribution in [0.25, 0.3) is 10.9 Å². The maximum atomic E-state index is 12.7. The molecule has 0 N–H and O–H groups in total. The van der Waals surface area contributed by atoms with E-state index in [0.717, 1.165) is 53.8 Å². The lowest BCUT2D eigenvalue weighted by molar-refractivity contribution is -0.127. The van der Waals surface area contributed by atoms with Crippen molar-refractivity contribution in [2.24, 2.45) is 0 Å². The molecule has 0 radical (unpaired) electrons. The molecule has 0 unspecified atom stereocenters. The van der Waals surface area contributed by atoms with Gasteiger partial charge in [0.25, 0.3) is 0 Å². The number of aryl methyl sites for hydroxylation is 1. The molecular weight excluding hydrogens is 336 g/mol. The summed E-state index contributed by atoms with van der Waals surface area (Å²) in [7, 11) is 0. The van der Waals surface area contributed by atoms with E-state index >= 15 is 0 Å². The summed E-state index contributed by atoms with van der Waals surface area (Å²) in [5.41, 5.74) is 3.51. The van der Waals surface area contributed by atoms with E-state index < -0.39 is 0 Å². The standard InChI is InChI=1S/C22H22N4O/c1-16-7-8-18-14-19(15-23)21(24-20(18)13-16)25-9-4-10-26(12-11-25)22(27)17-5-2-3-6-17/h2-3,5,7-8,13-14H,4,6,9-12H2,1H3. The number of allylic oxidation sites excluding steroid dienone is 3. The predicted octanol–water partition coefficient (Wildman–Crippen LogP) is 3.34. The molecule has 0 spiro atoms. The summed E-state index contributed by atoms with van der Waals surface area (Å²) in [6.45, 7) is 4.91. The summed E-state index contributed by atoms with van der Waals surface area (Å²) >= 11 is 0. The fourth-order valence-corrected chi connectivity index (χ4v) is 3.73. The van der Waals surface area contributed by atoms with Crippen molar-refractivity contribution in [2.45, 2.75) is 19.8 Å². The van der Waals surface area contributed by atoms with E-state index in [1.54, 1.807) is 0 Å². The van der Waals surface area contributed by atoms with Gasteiger partial charge in [0.15, 0.2) is 0 Å². The maximum Gasteiger partial charge on any atom is 0.250 e. The van der Waals surface area contributed by atoms with Gasteiger partial charge in [-0.1, -0.05) is 30.4 Å². The number of amides is 1. The monoisotopic (exact) mass is 358 g/mol. The van der Waals surface area contributed by atoms with E-state index in [2.05, 4.69) is 11.0 Å². The lowest BCUT2D eigenvalue weighted by Crippen LogP contribution is -2.36. The summed E-state index contributed by atoms with van der Waals surface area (Å²) in [5, 5.41) is 10.6. The van der Waals surface area contributed by atoms with Gasteiger partial charge in [0.05, 0.1) is 11.1 Å². The smallest absolute Gasteiger partial charge is 0.250 e. The normalized spacial score (nSPS) is 17.0. The van der Waals surface area contributed by atoms with Crippen LogP contribution in [-0.2, 0) is 4.79 Å². The highest BCUT2D eigenvalue weighted by molar-refractivity contribution is 5.94. The molecule has 2 aromatic rings. The molecule has 2 aliphatic rings. The Kier molecular flexibility index (Phi) is 4.64. The number of rotatable bonds is 2. The van der Waals surface area contributed by atoms with Gasteiger partial charge in [0.2, 0.25) is 5.91 Å². The number of benzene rings is 1. The van der Waals surface area contributed by atoms with Crippen LogP contribution < -0.4 is 4.90 Å². The van der Waals surface area contributed by atoms with Crippen LogP contribution >= 0.6 is 0 Å². The van der Waals surface area contributed by atoms with E-state index in [1.807, 2.05) is 54.3 Å². The van der Waals surface area contributed by atoms with Gasteiger partial charge in [0, 0.05) is 37.1 Å². The van der Waals surface area contributed by atoms with Crippen LogP contribution in [0.1, 0.15) is 24.0 Å². The number of nitriles is 1. The van der Waals surface area contributed by atoms with E-state index in [0.29, 0.717) is 18.7 Å². The molecule has 1 aliphatic heterocycles. The fraction of sp³-hybridized carbons (Fsp3) is 0.318. The number of fused-ring (bicyclic) bond motifs is 1. The largest absolute Gasteiger partial charge is 0.354 e. The first kappa shape index (κ1) is 17.3. The average Bonchev–Trinajstić information content (AvgIpc) is 3.11.